The maximum atomic E-state index is 11.7. The molecular weight excluding hydrogens is 360 g/mol. The number of nitrogens with one attached hydrogen (secondary N) is 2. The van der Waals surface area contributed by atoms with Crippen molar-refractivity contribution in [2.24, 2.45) is 10.2 Å². The summed E-state index contributed by atoms with van der Waals surface area (Å²) in [6, 6.07) is 12.8. The Kier molecular flexibility index (Phi) is 8.19. The molecule has 0 aliphatic carbocycles. The van der Waals surface area contributed by atoms with Gasteiger partial charge in [-0.2, -0.15) is 10.2 Å². The molecule has 8 nitrogen and oxygen atoms in total. The van der Waals surface area contributed by atoms with E-state index in [9.17, 15) is 19.8 Å². The van der Waals surface area contributed by atoms with E-state index in [0.717, 1.165) is 11.1 Å². The number of rotatable bonds is 9. The maximum Gasteiger partial charge on any atom is 0.240 e. The second-order valence-electron chi connectivity index (χ2n) is 5.98. The average molecular weight is 382 g/mol. The lowest BCUT2D eigenvalue weighted by molar-refractivity contribution is -0.123. The SMILES string of the molecule is O=C(CCCCC(=O)N/N=C/c1ccc(O)cc1)N/N=C/c1ccc(O)cc1. The summed E-state index contributed by atoms with van der Waals surface area (Å²) in [6.45, 7) is 0. The lowest BCUT2D eigenvalue weighted by atomic mass is 10.2. The average Bonchev–Trinajstić information content (AvgIpc) is 2.68. The molecule has 0 aromatic heterocycles. The molecule has 0 radical (unpaired) electrons. The van der Waals surface area contributed by atoms with E-state index in [1.807, 2.05) is 0 Å². The van der Waals surface area contributed by atoms with Crippen molar-refractivity contribution >= 4 is 24.2 Å². The third-order valence-corrected chi connectivity index (χ3v) is 3.65. The number of hydrogen-bond donors (Lipinski definition) is 4. The summed E-state index contributed by atoms with van der Waals surface area (Å²) in [7, 11) is 0. The highest BCUT2D eigenvalue weighted by atomic mass is 16.3. The number of hydrazone groups is 2. The fourth-order valence-corrected chi connectivity index (χ4v) is 2.16. The minimum atomic E-state index is -0.235. The van der Waals surface area contributed by atoms with E-state index in [1.165, 1.54) is 36.7 Å². The Morgan fingerprint density at radius 2 is 1.07 bits per heavy atom. The van der Waals surface area contributed by atoms with Crippen LogP contribution in [0.4, 0.5) is 0 Å². The van der Waals surface area contributed by atoms with Gasteiger partial charge < -0.3 is 10.2 Å². The first-order valence-electron chi connectivity index (χ1n) is 8.75. The molecule has 2 aromatic rings. The summed E-state index contributed by atoms with van der Waals surface area (Å²) in [5.41, 5.74) is 6.34. The van der Waals surface area contributed by atoms with E-state index in [1.54, 1.807) is 24.3 Å². The molecule has 0 heterocycles. The van der Waals surface area contributed by atoms with Crippen LogP contribution < -0.4 is 10.9 Å². The molecule has 28 heavy (non-hydrogen) atoms. The van der Waals surface area contributed by atoms with Crippen LogP contribution in [0.1, 0.15) is 36.8 Å². The first-order chi connectivity index (χ1) is 13.5. The van der Waals surface area contributed by atoms with Crippen LogP contribution in [0.15, 0.2) is 58.7 Å². The Morgan fingerprint density at radius 1 is 0.714 bits per heavy atom. The van der Waals surface area contributed by atoms with Gasteiger partial charge >= 0.3 is 0 Å². The van der Waals surface area contributed by atoms with Crippen LogP contribution in [-0.4, -0.2) is 34.5 Å². The summed E-state index contributed by atoms with van der Waals surface area (Å²) in [4.78, 5) is 23.4. The molecule has 2 amide bonds. The summed E-state index contributed by atoms with van der Waals surface area (Å²) in [5.74, 6) is -0.144. The number of phenolic OH excluding ortho intramolecular Hbond substituents is 2. The number of carbonyl (C=O) groups is 2. The minimum Gasteiger partial charge on any atom is -0.508 e. The normalized spacial score (nSPS) is 11.0. The van der Waals surface area contributed by atoms with Crippen molar-refractivity contribution in [1.29, 1.82) is 0 Å². The molecular formula is C20H22N4O4. The van der Waals surface area contributed by atoms with Crippen molar-refractivity contribution in [3.05, 3.63) is 59.7 Å². The summed E-state index contributed by atoms with van der Waals surface area (Å²) in [6.07, 6.45) is 4.59. The number of aromatic hydroxyl groups is 2. The van der Waals surface area contributed by atoms with Crippen molar-refractivity contribution in [2.45, 2.75) is 25.7 Å². The van der Waals surface area contributed by atoms with E-state index in [-0.39, 0.29) is 36.2 Å². The van der Waals surface area contributed by atoms with Gasteiger partial charge in [-0.25, -0.2) is 10.9 Å². The number of nitrogens with zero attached hydrogens (tertiary/aromatic N) is 2. The number of phenols is 2. The number of hydrogen-bond acceptors (Lipinski definition) is 6. The zero-order valence-electron chi connectivity index (χ0n) is 15.2. The molecule has 8 heteroatoms. The molecule has 0 saturated carbocycles. The van der Waals surface area contributed by atoms with Gasteiger partial charge in [0.1, 0.15) is 11.5 Å². The monoisotopic (exact) mass is 382 g/mol. The first-order valence-corrected chi connectivity index (χ1v) is 8.75. The van der Waals surface area contributed by atoms with E-state index >= 15 is 0 Å². The fourth-order valence-electron chi connectivity index (χ4n) is 2.16. The molecule has 4 N–H and O–H groups in total. The van der Waals surface area contributed by atoms with Crippen molar-refractivity contribution in [3.8, 4) is 11.5 Å². The van der Waals surface area contributed by atoms with E-state index in [4.69, 9.17) is 0 Å². The zero-order chi connectivity index (χ0) is 20.2. The highest BCUT2D eigenvalue weighted by molar-refractivity contribution is 5.83. The Labute approximate surface area is 162 Å². The van der Waals surface area contributed by atoms with Crippen LogP contribution in [0.2, 0.25) is 0 Å². The number of benzene rings is 2. The van der Waals surface area contributed by atoms with Gasteiger partial charge in [-0.05, 0) is 72.5 Å². The Balaban J connectivity index is 1.57. The van der Waals surface area contributed by atoms with Crippen LogP contribution in [0, 0.1) is 0 Å². The van der Waals surface area contributed by atoms with Crippen molar-refractivity contribution < 1.29 is 19.8 Å². The topological polar surface area (TPSA) is 123 Å². The standard InChI is InChI=1S/C20H22N4O4/c25-17-9-5-15(6-10-17)13-21-23-19(27)3-1-2-4-20(28)24-22-14-16-7-11-18(26)12-8-16/h5-14,25-26H,1-4H2,(H,23,27)(H,24,28)/b21-13+,22-14+. The van der Waals surface area contributed by atoms with Crippen LogP contribution >= 0.6 is 0 Å². The van der Waals surface area contributed by atoms with Gasteiger partial charge in [-0.15, -0.1) is 0 Å². The fraction of sp³-hybridized carbons (Fsp3) is 0.200. The second kappa shape index (κ2) is 11.1. The number of carbonyl (C=O) groups excluding carboxylic acids is 2. The molecule has 0 aliphatic rings. The van der Waals surface area contributed by atoms with Gasteiger partial charge in [0.15, 0.2) is 0 Å². The summed E-state index contributed by atoms with van der Waals surface area (Å²) in [5, 5.41) is 26.0. The highest BCUT2D eigenvalue weighted by Gasteiger charge is 2.03. The largest absolute Gasteiger partial charge is 0.508 e. The van der Waals surface area contributed by atoms with Crippen LogP contribution in [-0.2, 0) is 9.59 Å². The Bertz CT molecular complexity index is 759. The van der Waals surface area contributed by atoms with Gasteiger partial charge in [-0.1, -0.05) is 0 Å². The van der Waals surface area contributed by atoms with E-state index < -0.39 is 0 Å². The highest BCUT2D eigenvalue weighted by Crippen LogP contribution is 2.08. The van der Waals surface area contributed by atoms with Crippen LogP contribution in [0.3, 0.4) is 0 Å². The Morgan fingerprint density at radius 3 is 1.43 bits per heavy atom. The summed E-state index contributed by atoms with van der Waals surface area (Å²) < 4.78 is 0. The van der Waals surface area contributed by atoms with Crippen LogP contribution in [0.25, 0.3) is 0 Å². The minimum absolute atomic E-state index is 0.163. The molecule has 2 rings (SSSR count). The van der Waals surface area contributed by atoms with Gasteiger partial charge in [0, 0.05) is 12.8 Å². The van der Waals surface area contributed by atoms with E-state index in [2.05, 4.69) is 21.1 Å². The lowest BCUT2D eigenvalue weighted by Gasteiger charge is -2.01. The van der Waals surface area contributed by atoms with Gasteiger partial charge in [0.25, 0.3) is 0 Å². The molecule has 2 aromatic carbocycles. The van der Waals surface area contributed by atoms with Gasteiger partial charge in [0.05, 0.1) is 12.4 Å². The van der Waals surface area contributed by atoms with Gasteiger partial charge in [-0.3, -0.25) is 9.59 Å². The van der Waals surface area contributed by atoms with Crippen molar-refractivity contribution in [1.82, 2.24) is 10.9 Å². The quantitative estimate of drug-likeness (QED) is 0.302. The first kappa shape index (κ1) is 20.6. The third-order valence-electron chi connectivity index (χ3n) is 3.65. The summed E-state index contributed by atoms with van der Waals surface area (Å²) >= 11 is 0. The molecule has 0 bridgehead atoms. The Hall–Kier alpha value is -3.68. The second-order valence-corrected chi connectivity index (χ2v) is 5.98. The molecule has 0 unspecified atom stereocenters. The number of unbranched alkanes of at least 4 members (excludes halogenated alkanes) is 1. The molecule has 0 spiro atoms. The van der Waals surface area contributed by atoms with Crippen molar-refractivity contribution in [3.63, 3.8) is 0 Å². The third kappa shape index (κ3) is 8.13. The molecule has 146 valence electrons. The molecule has 0 atom stereocenters. The predicted octanol–water partition coefficient (Wildman–Crippen LogP) is 2.26. The predicted molar refractivity (Wildman–Crippen MR) is 106 cm³/mol. The van der Waals surface area contributed by atoms with Gasteiger partial charge in [0.2, 0.25) is 11.8 Å². The molecule has 0 saturated heterocycles. The maximum absolute atomic E-state index is 11.7. The zero-order valence-corrected chi connectivity index (χ0v) is 15.2. The molecule has 0 aliphatic heterocycles. The van der Waals surface area contributed by atoms with E-state index in [0.29, 0.717) is 12.8 Å². The smallest absolute Gasteiger partial charge is 0.240 e. The number of amides is 2. The molecule has 0 fully saturated rings. The van der Waals surface area contributed by atoms with Crippen LogP contribution in [0.5, 0.6) is 11.5 Å². The van der Waals surface area contributed by atoms with Crippen molar-refractivity contribution in [2.75, 3.05) is 0 Å². The lowest BCUT2D eigenvalue weighted by Crippen LogP contribution is -2.19.